The minimum atomic E-state index is -4.67. The van der Waals surface area contributed by atoms with E-state index in [1.54, 1.807) is 12.1 Å². The Morgan fingerprint density at radius 2 is 1.88 bits per heavy atom. The third-order valence-electron chi connectivity index (χ3n) is 3.62. The summed E-state index contributed by atoms with van der Waals surface area (Å²) in [6.45, 7) is 2.13. The molecule has 24 heavy (non-hydrogen) atoms. The van der Waals surface area contributed by atoms with Gasteiger partial charge in [0.25, 0.3) is 5.91 Å². The van der Waals surface area contributed by atoms with E-state index in [9.17, 15) is 18.0 Å². The van der Waals surface area contributed by atoms with Crippen LogP contribution in [0.2, 0.25) is 0 Å². The molecule has 1 amide bonds. The van der Waals surface area contributed by atoms with E-state index in [1.165, 1.54) is 7.05 Å². The molecule has 0 bridgehead atoms. The van der Waals surface area contributed by atoms with Gasteiger partial charge in [-0.05, 0) is 30.5 Å². The lowest BCUT2D eigenvalue weighted by molar-refractivity contribution is -0.141. The molecule has 1 N–H and O–H groups in total. The van der Waals surface area contributed by atoms with Gasteiger partial charge in [-0.25, -0.2) is 0 Å². The number of alkyl halides is 3. The molecule has 1 aromatic heterocycles. The molecular weight excluding hydrogens is 319 g/mol. The summed E-state index contributed by atoms with van der Waals surface area (Å²) < 4.78 is 39.7. The van der Waals surface area contributed by atoms with Crippen LogP contribution in [0.1, 0.15) is 47.8 Å². The number of aryl methyl sites for hydroxylation is 2. The van der Waals surface area contributed by atoms with E-state index in [0.29, 0.717) is 5.69 Å². The number of nitrogens with zero attached hydrogens (tertiary/aromatic N) is 2. The monoisotopic (exact) mass is 339 g/mol. The Morgan fingerprint density at radius 3 is 2.46 bits per heavy atom. The fraction of sp³-hybridized carbons (Fsp3) is 0.412. The topological polar surface area (TPSA) is 46.9 Å². The van der Waals surface area contributed by atoms with E-state index in [2.05, 4.69) is 17.3 Å². The standard InChI is InChI=1S/C17H20F3N3O/c1-3-4-5-6-12-7-9-13(10-8-12)21-16(24)14-11-23(2)22-15(14)17(18,19)20/h7-11H,3-6H2,1-2H3,(H,21,24). The van der Waals surface area contributed by atoms with Crippen molar-refractivity contribution in [2.75, 3.05) is 5.32 Å². The molecule has 0 aliphatic heterocycles. The molecule has 1 heterocycles. The number of unbranched alkanes of at least 4 members (excludes halogenated alkanes) is 2. The highest BCUT2D eigenvalue weighted by Gasteiger charge is 2.38. The summed E-state index contributed by atoms with van der Waals surface area (Å²) in [5.74, 6) is -0.825. The number of benzene rings is 1. The Hall–Kier alpha value is -2.31. The molecule has 0 unspecified atom stereocenters. The van der Waals surface area contributed by atoms with E-state index < -0.39 is 23.3 Å². The van der Waals surface area contributed by atoms with Crippen LogP contribution in [0.25, 0.3) is 0 Å². The normalized spacial score (nSPS) is 11.5. The van der Waals surface area contributed by atoms with E-state index >= 15 is 0 Å². The van der Waals surface area contributed by atoms with Gasteiger partial charge in [0, 0.05) is 18.9 Å². The Kier molecular flexibility index (Phi) is 5.64. The number of hydrogen-bond donors (Lipinski definition) is 1. The van der Waals surface area contributed by atoms with Gasteiger partial charge in [0.2, 0.25) is 0 Å². The molecular formula is C17H20F3N3O. The first-order valence-corrected chi connectivity index (χ1v) is 7.82. The fourth-order valence-corrected chi connectivity index (χ4v) is 2.40. The highest BCUT2D eigenvalue weighted by Crippen LogP contribution is 2.30. The molecule has 0 radical (unpaired) electrons. The number of halogens is 3. The van der Waals surface area contributed by atoms with Crippen LogP contribution in [0.5, 0.6) is 0 Å². The molecule has 7 heteroatoms. The molecule has 0 aliphatic rings. The predicted molar refractivity (Wildman–Crippen MR) is 85.8 cm³/mol. The van der Waals surface area contributed by atoms with Crippen molar-refractivity contribution in [1.29, 1.82) is 0 Å². The van der Waals surface area contributed by atoms with Crippen molar-refractivity contribution in [2.24, 2.45) is 7.05 Å². The highest BCUT2D eigenvalue weighted by molar-refractivity contribution is 6.05. The Morgan fingerprint density at radius 1 is 1.21 bits per heavy atom. The Labute approximate surface area is 138 Å². The molecule has 0 saturated heterocycles. The van der Waals surface area contributed by atoms with E-state index in [-0.39, 0.29) is 0 Å². The molecule has 0 atom stereocenters. The van der Waals surface area contributed by atoms with Gasteiger partial charge >= 0.3 is 6.18 Å². The maximum Gasteiger partial charge on any atom is 0.435 e. The lowest BCUT2D eigenvalue weighted by Crippen LogP contribution is -2.17. The number of carbonyl (C=O) groups is 1. The number of hydrogen-bond acceptors (Lipinski definition) is 2. The van der Waals surface area contributed by atoms with Gasteiger partial charge in [-0.15, -0.1) is 0 Å². The van der Waals surface area contributed by atoms with Gasteiger partial charge in [-0.1, -0.05) is 31.9 Å². The third-order valence-corrected chi connectivity index (χ3v) is 3.62. The zero-order chi connectivity index (χ0) is 17.7. The summed E-state index contributed by atoms with van der Waals surface area (Å²) in [4.78, 5) is 12.1. The van der Waals surface area contributed by atoms with Crippen LogP contribution >= 0.6 is 0 Å². The molecule has 1 aromatic carbocycles. The second-order valence-corrected chi connectivity index (χ2v) is 5.67. The van der Waals surface area contributed by atoms with Gasteiger partial charge in [0.1, 0.15) is 0 Å². The largest absolute Gasteiger partial charge is 0.435 e. The van der Waals surface area contributed by atoms with Crippen LogP contribution in [0.4, 0.5) is 18.9 Å². The molecule has 0 spiro atoms. The van der Waals surface area contributed by atoms with Crippen LogP contribution < -0.4 is 5.32 Å². The maximum absolute atomic E-state index is 12.9. The van der Waals surface area contributed by atoms with Crippen molar-refractivity contribution in [2.45, 2.75) is 38.8 Å². The van der Waals surface area contributed by atoms with Crippen LogP contribution in [-0.4, -0.2) is 15.7 Å². The number of carbonyl (C=O) groups excluding carboxylic acids is 1. The van der Waals surface area contributed by atoms with E-state index in [0.717, 1.165) is 42.1 Å². The lowest BCUT2D eigenvalue weighted by atomic mass is 10.1. The molecule has 0 aliphatic carbocycles. The van der Waals surface area contributed by atoms with Crippen molar-refractivity contribution in [3.05, 3.63) is 47.3 Å². The van der Waals surface area contributed by atoms with Crippen LogP contribution in [0, 0.1) is 0 Å². The Bertz CT molecular complexity index is 690. The minimum absolute atomic E-state index is 0.455. The van der Waals surface area contributed by atoms with Crippen LogP contribution in [0.15, 0.2) is 30.5 Å². The number of nitrogens with one attached hydrogen (secondary N) is 1. The first-order valence-electron chi connectivity index (χ1n) is 7.82. The first kappa shape index (κ1) is 18.0. The minimum Gasteiger partial charge on any atom is -0.322 e. The SMILES string of the molecule is CCCCCc1ccc(NC(=O)c2cn(C)nc2C(F)(F)F)cc1. The predicted octanol–water partition coefficient (Wildman–Crippen LogP) is 4.42. The molecule has 0 fully saturated rings. The average Bonchev–Trinajstić information content (AvgIpc) is 2.92. The van der Waals surface area contributed by atoms with Crippen molar-refractivity contribution in [3.8, 4) is 0 Å². The second-order valence-electron chi connectivity index (χ2n) is 5.67. The number of anilines is 1. The molecule has 2 rings (SSSR count). The van der Waals surface area contributed by atoms with Gasteiger partial charge in [0.15, 0.2) is 5.69 Å². The van der Waals surface area contributed by atoms with E-state index in [4.69, 9.17) is 0 Å². The fourth-order valence-electron chi connectivity index (χ4n) is 2.40. The highest BCUT2D eigenvalue weighted by atomic mass is 19.4. The summed E-state index contributed by atoms with van der Waals surface area (Å²) in [6, 6.07) is 7.14. The summed E-state index contributed by atoms with van der Waals surface area (Å²) in [5, 5.41) is 5.82. The van der Waals surface area contributed by atoms with Crippen molar-refractivity contribution in [1.82, 2.24) is 9.78 Å². The third kappa shape index (κ3) is 4.59. The summed E-state index contributed by atoms with van der Waals surface area (Å²) in [5.41, 5.74) is -0.0780. The quantitative estimate of drug-likeness (QED) is 0.792. The summed E-state index contributed by atoms with van der Waals surface area (Å²) in [6.07, 6.45) is 0.727. The number of amides is 1. The number of rotatable bonds is 6. The van der Waals surface area contributed by atoms with Gasteiger partial charge in [-0.3, -0.25) is 9.48 Å². The lowest BCUT2D eigenvalue weighted by Gasteiger charge is -2.08. The van der Waals surface area contributed by atoms with Gasteiger partial charge < -0.3 is 5.32 Å². The van der Waals surface area contributed by atoms with Crippen molar-refractivity contribution in [3.63, 3.8) is 0 Å². The first-order chi connectivity index (χ1) is 11.3. The van der Waals surface area contributed by atoms with Crippen molar-refractivity contribution < 1.29 is 18.0 Å². The number of aromatic nitrogens is 2. The van der Waals surface area contributed by atoms with E-state index in [1.807, 2.05) is 12.1 Å². The molecule has 130 valence electrons. The second kappa shape index (κ2) is 7.51. The van der Waals surface area contributed by atoms with Gasteiger partial charge in [0.05, 0.1) is 5.56 Å². The molecule has 0 saturated carbocycles. The van der Waals surface area contributed by atoms with Crippen molar-refractivity contribution >= 4 is 11.6 Å². The summed E-state index contributed by atoms with van der Waals surface area (Å²) in [7, 11) is 1.34. The molecule has 2 aromatic rings. The smallest absolute Gasteiger partial charge is 0.322 e. The average molecular weight is 339 g/mol. The molecule has 4 nitrogen and oxygen atoms in total. The van der Waals surface area contributed by atoms with Gasteiger partial charge in [-0.2, -0.15) is 18.3 Å². The van der Waals surface area contributed by atoms with Crippen LogP contribution in [-0.2, 0) is 19.6 Å². The Balaban J connectivity index is 2.07. The zero-order valence-corrected chi connectivity index (χ0v) is 13.7. The zero-order valence-electron chi connectivity index (χ0n) is 13.7. The summed E-state index contributed by atoms with van der Waals surface area (Å²) >= 11 is 0. The maximum atomic E-state index is 12.9. The van der Waals surface area contributed by atoms with Crippen LogP contribution in [0.3, 0.4) is 0 Å².